The van der Waals surface area contributed by atoms with Crippen LogP contribution in [-0.4, -0.2) is 39.5 Å². The summed E-state index contributed by atoms with van der Waals surface area (Å²) in [5, 5.41) is 13.7. The number of benzene rings is 1. The van der Waals surface area contributed by atoms with E-state index in [9.17, 15) is 5.11 Å². The average Bonchev–Trinajstić information content (AvgIpc) is 2.86. The second kappa shape index (κ2) is 5.77. The molecule has 0 atom stereocenters. The molecule has 4 nitrogen and oxygen atoms in total. The normalized spacial score (nSPS) is 21.9. The van der Waals surface area contributed by atoms with Crippen LogP contribution in [0.25, 0.3) is 5.69 Å². The van der Waals surface area contributed by atoms with E-state index in [1.807, 2.05) is 29.1 Å². The lowest BCUT2D eigenvalue weighted by molar-refractivity contribution is 0.0274. The first kappa shape index (κ1) is 13.3. The Morgan fingerprint density at radius 3 is 2.75 bits per heavy atom. The maximum Gasteiger partial charge on any atom is 0.0645 e. The van der Waals surface area contributed by atoms with Crippen molar-refractivity contribution in [2.45, 2.75) is 25.5 Å². The highest BCUT2D eigenvalue weighted by atomic mass is 16.3. The van der Waals surface area contributed by atoms with E-state index in [2.05, 4.69) is 35.4 Å². The van der Waals surface area contributed by atoms with Gasteiger partial charge in [-0.25, -0.2) is 4.68 Å². The van der Waals surface area contributed by atoms with Crippen LogP contribution in [0, 0.1) is 5.92 Å². The zero-order valence-corrected chi connectivity index (χ0v) is 11.8. The van der Waals surface area contributed by atoms with Gasteiger partial charge in [-0.05, 0) is 37.9 Å². The highest BCUT2D eigenvalue weighted by Gasteiger charge is 2.27. The number of aromatic nitrogens is 2. The van der Waals surface area contributed by atoms with Crippen molar-refractivity contribution in [3.63, 3.8) is 0 Å². The van der Waals surface area contributed by atoms with Gasteiger partial charge in [0.15, 0.2) is 0 Å². The maximum absolute atomic E-state index is 9.32. The monoisotopic (exact) mass is 271 g/mol. The molecule has 1 saturated carbocycles. The molecule has 20 heavy (non-hydrogen) atoms. The lowest BCUT2D eigenvalue weighted by Gasteiger charge is -2.34. The van der Waals surface area contributed by atoms with Crippen molar-refractivity contribution >= 4 is 0 Å². The third kappa shape index (κ3) is 3.08. The fraction of sp³-hybridized carbons (Fsp3) is 0.438. The van der Waals surface area contributed by atoms with Crippen molar-refractivity contribution in [3.05, 3.63) is 48.3 Å². The van der Waals surface area contributed by atoms with Crippen LogP contribution in [0.5, 0.6) is 0 Å². The lowest BCUT2D eigenvalue weighted by Crippen LogP contribution is -2.36. The van der Waals surface area contributed by atoms with Gasteiger partial charge in [-0.1, -0.05) is 18.2 Å². The minimum absolute atomic E-state index is 0.0609. The Balaban J connectivity index is 1.57. The van der Waals surface area contributed by atoms with Crippen LogP contribution in [0.3, 0.4) is 0 Å². The van der Waals surface area contributed by atoms with E-state index in [4.69, 9.17) is 0 Å². The summed E-state index contributed by atoms with van der Waals surface area (Å²) in [6.07, 6.45) is 5.86. The minimum atomic E-state index is -0.0609. The Bertz CT molecular complexity index is 546. The van der Waals surface area contributed by atoms with Gasteiger partial charge in [0.25, 0.3) is 0 Å². The molecule has 1 aromatic carbocycles. The van der Waals surface area contributed by atoms with E-state index in [-0.39, 0.29) is 6.10 Å². The number of para-hydroxylation sites is 1. The SMILES string of the molecule is CN(Cc1cnn(-c2ccccc2)c1)CC1CC(O)C1. The summed E-state index contributed by atoms with van der Waals surface area (Å²) in [6.45, 7) is 1.95. The second-order valence-electron chi connectivity index (χ2n) is 5.82. The quantitative estimate of drug-likeness (QED) is 0.905. The van der Waals surface area contributed by atoms with E-state index in [1.165, 1.54) is 5.56 Å². The number of aliphatic hydroxyl groups is 1. The van der Waals surface area contributed by atoms with Crippen LogP contribution >= 0.6 is 0 Å². The minimum Gasteiger partial charge on any atom is -0.393 e. The maximum atomic E-state index is 9.32. The summed E-state index contributed by atoms with van der Waals surface area (Å²) in [5.74, 6) is 0.652. The topological polar surface area (TPSA) is 41.3 Å². The third-order valence-electron chi connectivity index (χ3n) is 3.89. The van der Waals surface area contributed by atoms with Gasteiger partial charge in [0.05, 0.1) is 18.0 Å². The Morgan fingerprint density at radius 1 is 1.30 bits per heavy atom. The molecule has 3 rings (SSSR count). The van der Waals surface area contributed by atoms with Gasteiger partial charge < -0.3 is 10.0 Å². The van der Waals surface area contributed by atoms with Gasteiger partial charge in [0.2, 0.25) is 0 Å². The summed E-state index contributed by atoms with van der Waals surface area (Å²) in [5.41, 5.74) is 2.31. The molecule has 1 N–H and O–H groups in total. The first-order valence-electron chi connectivity index (χ1n) is 7.16. The summed E-state index contributed by atoms with van der Waals surface area (Å²) in [6, 6.07) is 10.1. The Kier molecular flexibility index (Phi) is 3.85. The molecule has 106 valence electrons. The predicted octanol–water partition coefficient (Wildman–Crippen LogP) is 2.08. The number of nitrogens with zero attached hydrogens (tertiary/aromatic N) is 3. The zero-order valence-electron chi connectivity index (χ0n) is 11.8. The van der Waals surface area contributed by atoms with Gasteiger partial charge in [-0.2, -0.15) is 5.10 Å². The Morgan fingerprint density at radius 2 is 2.05 bits per heavy atom. The number of hydrogen-bond acceptors (Lipinski definition) is 3. The van der Waals surface area contributed by atoms with E-state index >= 15 is 0 Å². The lowest BCUT2D eigenvalue weighted by atomic mass is 9.82. The van der Waals surface area contributed by atoms with Gasteiger partial charge in [0, 0.05) is 24.8 Å². The van der Waals surface area contributed by atoms with Crippen molar-refractivity contribution in [1.29, 1.82) is 0 Å². The van der Waals surface area contributed by atoms with Gasteiger partial charge in [-0.3, -0.25) is 0 Å². The molecule has 1 fully saturated rings. The predicted molar refractivity (Wildman–Crippen MR) is 78.6 cm³/mol. The molecule has 1 heterocycles. The molecule has 1 aliphatic rings. The average molecular weight is 271 g/mol. The van der Waals surface area contributed by atoms with Crippen LogP contribution in [0.4, 0.5) is 0 Å². The summed E-state index contributed by atoms with van der Waals surface area (Å²) in [7, 11) is 2.13. The van der Waals surface area contributed by atoms with E-state index < -0.39 is 0 Å². The van der Waals surface area contributed by atoms with Crippen molar-refractivity contribution in [2.24, 2.45) is 5.92 Å². The molecule has 0 saturated heterocycles. The summed E-state index contributed by atoms with van der Waals surface area (Å²) in [4.78, 5) is 2.31. The first-order chi connectivity index (χ1) is 9.70. The highest BCUT2D eigenvalue weighted by Crippen LogP contribution is 2.27. The molecule has 4 heteroatoms. The molecule has 2 aromatic rings. The van der Waals surface area contributed by atoms with E-state index in [0.717, 1.165) is 31.6 Å². The van der Waals surface area contributed by atoms with Crippen molar-refractivity contribution in [3.8, 4) is 5.69 Å². The van der Waals surface area contributed by atoms with Gasteiger partial charge in [0.1, 0.15) is 0 Å². The van der Waals surface area contributed by atoms with E-state index in [1.54, 1.807) is 0 Å². The zero-order chi connectivity index (χ0) is 13.9. The Hall–Kier alpha value is -1.65. The largest absolute Gasteiger partial charge is 0.393 e. The third-order valence-corrected chi connectivity index (χ3v) is 3.89. The fourth-order valence-corrected chi connectivity index (χ4v) is 2.83. The molecule has 0 aliphatic heterocycles. The van der Waals surface area contributed by atoms with Gasteiger partial charge in [-0.15, -0.1) is 0 Å². The second-order valence-corrected chi connectivity index (χ2v) is 5.82. The Labute approximate surface area is 119 Å². The molecule has 1 aromatic heterocycles. The number of rotatable bonds is 5. The number of aliphatic hydroxyl groups excluding tert-OH is 1. The van der Waals surface area contributed by atoms with Crippen LogP contribution in [0.2, 0.25) is 0 Å². The highest BCUT2D eigenvalue weighted by molar-refractivity contribution is 5.30. The van der Waals surface area contributed by atoms with Crippen LogP contribution in [0.15, 0.2) is 42.7 Å². The van der Waals surface area contributed by atoms with Gasteiger partial charge >= 0.3 is 0 Å². The summed E-state index contributed by atoms with van der Waals surface area (Å²) >= 11 is 0. The van der Waals surface area contributed by atoms with Crippen molar-refractivity contribution in [1.82, 2.24) is 14.7 Å². The van der Waals surface area contributed by atoms with E-state index in [0.29, 0.717) is 5.92 Å². The first-order valence-corrected chi connectivity index (χ1v) is 7.16. The van der Waals surface area contributed by atoms with Crippen molar-refractivity contribution in [2.75, 3.05) is 13.6 Å². The standard InChI is InChI=1S/C16H21N3O/c1-18(10-13-7-16(20)8-13)11-14-9-17-19(12-14)15-5-3-2-4-6-15/h2-6,9,12-13,16,20H,7-8,10-11H2,1H3. The van der Waals surface area contributed by atoms with Crippen LogP contribution in [0.1, 0.15) is 18.4 Å². The van der Waals surface area contributed by atoms with Crippen molar-refractivity contribution < 1.29 is 5.11 Å². The molecule has 0 spiro atoms. The van der Waals surface area contributed by atoms with Crippen LogP contribution < -0.4 is 0 Å². The molecule has 0 unspecified atom stereocenters. The van der Waals surface area contributed by atoms with Crippen LogP contribution in [-0.2, 0) is 6.54 Å². The summed E-state index contributed by atoms with van der Waals surface area (Å²) < 4.78 is 1.91. The smallest absolute Gasteiger partial charge is 0.0645 e. The fourth-order valence-electron chi connectivity index (χ4n) is 2.83. The molecule has 1 aliphatic carbocycles. The molecule has 0 radical (unpaired) electrons. The number of hydrogen-bond donors (Lipinski definition) is 1. The molecule has 0 amide bonds. The molecular formula is C16H21N3O. The molecule has 0 bridgehead atoms. The molecular weight excluding hydrogens is 250 g/mol.